The summed E-state index contributed by atoms with van der Waals surface area (Å²) in [5, 5.41) is 4.86. The van der Waals surface area contributed by atoms with Crippen molar-refractivity contribution in [1.82, 2.24) is 4.57 Å². The molecule has 1 aliphatic carbocycles. The smallest absolute Gasteiger partial charge is 0.0713 e. The van der Waals surface area contributed by atoms with Crippen LogP contribution in [0.1, 0.15) is 74.9 Å². The highest BCUT2D eigenvalue weighted by atomic mass is 15.2. The number of nitrogens with zero attached hydrogens (tertiary/aromatic N) is 2. The summed E-state index contributed by atoms with van der Waals surface area (Å²) in [4.78, 5) is 2.59. The molecule has 2 nitrogen and oxygen atoms in total. The van der Waals surface area contributed by atoms with E-state index in [-0.39, 0.29) is 10.8 Å². The maximum Gasteiger partial charge on any atom is 0.0713 e. The maximum absolute atomic E-state index is 2.59. The van der Waals surface area contributed by atoms with Crippen molar-refractivity contribution < 1.29 is 0 Å². The highest BCUT2D eigenvalue weighted by molar-refractivity contribution is 6.18. The summed E-state index contributed by atoms with van der Waals surface area (Å²) in [6, 6.07) is 114. The molecule has 0 saturated heterocycles. The molecule has 0 bridgehead atoms. The first-order valence-electron chi connectivity index (χ1n) is 30.7. The third-order valence-corrected chi connectivity index (χ3v) is 18.4. The third kappa shape index (κ3) is 8.76. The van der Waals surface area contributed by atoms with E-state index < -0.39 is 5.41 Å². The normalized spacial score (nSPS) is 12.8. The summed E-state index contributed by atoms with van der Waals surface area (Å²) in [6.45, 7) is 14.0. The molecule has 0 radical (unpaired) electrons. The highest BCUT2D eigenvalue weighted by Crippen LogP contribution is 2.60. The van der Waals surface area contributed by atoms with Gasteiger partial charge in [0.1, 0.15) is 0 Å². The molecule has 0 aliphatic heterocycles. The van der Waals surface area contributed by atoms with Crippen molar-refractivity contribution in [3.63, 3.8) is 0 Å². The van der Waals surface area contributed by atoms with Crippen LogP contribution in [0.4, 0.5) is 17.1 Å². The van der Waals surface area contributed by atoms with Gasteiger partial charge in [-0.25, -0.2) is 0 Å². The molecule has 15 rings (SSSR count). The fourth-order valence-corrected chi connectivity index (χ4v) is 14.4. The largest absolute Gasteiger partial charge is 0.309 e. The molecule has 418 valence electrons. The predicted octanol–water partition coefficient (Wildman–Crippen LogP) is 23.0. The number of benzene rings is 13. The zero-order valence-corrected chi connectivity index (χ0v) is 50.3. The minimum absolute atomic E-state index is 0.0520. The molecular formula is C85H68N2. The SMILES string of the molecule is CC(C)(C)c1cc(-c2cccc3cccc(-c4ccccc4N(c4ccccc4-c4cccc5c4-c4ccccc4C5(c4ccccc4)c4ccccc4)c4ccccc4-c4cccc5c4c4ccccc4n5-c4ccccc4)c23)cc(C(C)(C)C)c1. The van der Waals surface area contributed by atoms with Crippen LogP contribution < -0.4 is 4.90 Å². The third-order valence-electron chi connectivity index (χ3n) is 18.4. The molecule has 87 heavy (non-hydrogen) atoms. The summed E-state index contributed by atoms with van der Waals surface area (Å²) >= 11 is 0. The van der Waals surface area contributed by atoms with Gasteiger partial charge in [0, 0.05) is 33.2 Å². The number of rotatable bonds is 10. The lowest BCUT2D eigenvalue weighted by molar-refractivity contribution is 0.569. The Morgan fingerprint density at radius 2 is 0.724 bits per heavy atom. The Hall–Kier alpha value is -10.3. The van der Waals surface area contributed by atoms with E-state index in [2.05, 4.69) is 354 Å². The van der Waals surface area contributed by atoms with Crippen LogP contribution in [-0.2, 0) is 16.2 Å². The van der Waals surface area contributed by atoms with Gasteiger partial charge in [-0.15, -0.1) is 0 Å². The lowest BCUT2D eigenvalue weighted by atomic mass is 9.67. The second-order valence-electron chi connectivity index (χ2n) is 25.5. The van der Waals surface area contributed by atoms with E-state index in [4.69, 9.17) is 0 Å². The number of hydrogen-bond acceptors (Lipinski definition) is 1. The molecule has 0 fully saturated rings. The van der Waals surface area contributed by atoms with E-state index in [0.29, 0.717) is 0 Å². The van der Waals surface area contributed by atoms with Crippen LogP contribution in [0, 0.1) is 0 Å². The summed E-state index contributed by atoms with van der Waals surface area (Å²) in [5.41, 5.74) is 25.6. The number of para-hydroxylation sites is 5. The summed E-state index contributed by atoms with van der Waals surface area (Å²) in [5.74, 6) is 0. The molecule has 1 aliphatic rings. The van der Waals surface area contributed by atoms with Gasteiger partial charge in [0.15, 0.2) is 0 Å². The number of anilines is 3. The van der Waals surface area contributed by atoms with Gasteiger partial charge in [0.25, 0.3) is 0 Å². The van der Waals surface area contributed by atoms with Crippen molar-refractivity contribution in [2.24, 2.45) is 0 Å². The molecule has 2 heteroatoms. The lowest BCUT2D eigenvalue weighted by Crippen LogP contribution is -2.28. The van der Waals surface area contributed by atoms with Gasteiger partial charge in [-0.3, -0.25) is 0 Å². The standard InChI is InChI=1S/C85H68N2/c1-83(2,3)61-54-58(55-62(56-61)84(4,5)6)64-43-26-30-57-31-27-44-68(80(57)64)65-38-17-22-49-75(65)87(77-51-24-19-40-67(77)70-46-29-53-79-82(70)72-42-20-25-52-78(72)86(79)63-36-14-9-15-37-63)76-50-23-18-39-66(76)69-45-28-48-74-81(69)71-41-16-21-47-73(71)85(74,59-32-10-7-11-33-59)60-34-12-8-13-35-60/h7-56H,1-6H3. The quantitative estimate of drug-likeness (QED) is 0.132. The van der Waals surface area contributed by atoms with Crippen LogP contribution in [0.2, 0.25) is 0 Å². The van der Waals surface area contributed by atoms with Crippen LogP contribution in [0.3, 0.4) is 0 Å². The minimum Gasteiger partial charge on any atom is -0.309 e. The van der Waals surface area contributed by atoms with Crippen molar-refractivity contribution in [2.75, 3.05) is 4.90 Å². The van der Waals surface area contributed by atoms with E-state index in [1.165, 1.54) is 99.4 Å². The Kier molecular flexibility index (Phi) is 12.9. The molecule has 0 atom stereocenters. The molecule has 0 saturated carbocycles. The monoisotopic (exact) mass is 1120 g/mol. The van der Waals surface area contributed by atoms with Crippen molar-refractivity contribution >= 4 is 49.6 Å². The van der Waals surface area contributed by atoms with E-state index in [1.807, 2.05) is 0 Å². The summed E-state index contributed by atoms with van der Waals surface area (Å²) in [7, 11) is 0. The van der Waals surface area contributed by atoms with Gasteiger partial charge in [-0.2, -0.15) is 0 Å². The molecule has 0 N–H and O–H groups in total. The molecule has 14 aromatic rings. The Morgan fingerprint density at radius 1 is 0.310 bits per heavy atom. The molecule has 1 heterocycles. The topological polar surface area (TPSA) is 8.17 Å². The first kappa shape index (κ1) is 53.4. The Morgan fingerprint density at radius 3 is 1.31 bits per heavy atom. The van der Waals surface area contributed by atoms with Gasteiger partial charge in [-0.05, 0) is 136 Å². The lowest BCUT2D eigenvalue weighted by Gasteiger charge is -2.34. The first-order valence-corrected chi connectivity index (χ1v) is 30.7. The van der Waals surface area contributed by atoms with Crippen molar-refractivity contribution in [2.45, 2.75) is 57.8 Å². The molecule has 1 aromatic heterocycles. The van der Waals surface area contributed by atoms with E-state index in [1.54, 1.807) is 0 Å². The highest BCUT2D eigenvalue weighted by Gasteiger charge is 2.47. The second-order valence-corrected chi connectivity index (χ2v) is 25.5. The first-order chi connectivity index (χ1) is 42.5. The van der Waals surface area contributed by atoms with Crippen LogP contribution >= 0.6 is 0 Å². The van der Waals surface area contributed by atoms with Crippen molar-refractivity contribution in [3.8, 4) is 61.3 Å². The van der Waals surface area contributed by atoms with Gasteiger partial charge < -0.3 is 9.47 Å². The average Bonchev–Trinajstić information content (AvgIpc) is 1.63. The van der Waals surface area contributed by atoms with Crippen molar-refractivity contribution in [3.05, 3.63) is 337 Å². The van der Waals surface area contributed by atoms with E-state index in [9.17, 15) is 0 Å². The van der Waals surface area contributed by atoms with Crippen LogP contribution in [0.25, 0.3) is 93.9 Å². The maximum atomic E-state index is 2.59. The average molecular weight is 1120 g/mol. The molecule has 13 aromatic carbocycles. The second kappa shape index (κ2) is 21.0. The number of hydrogen-bond donors (Lipinski definition) is 0. The molecule has 0 unspecified atom stereocenters. The summed E-state index contributed by atoms with van der Waals surface area (Å²) in [6.07, 6.45) is 0. The van der Waals surface area contributed by atoms with Crippen LogP contribution in [0.15, 0.2) is 303 Å². The molecular weight excluding hydrogens is 1050 g/mol. The zero-order valence-electron chi connectivity index (χ0n) is 50.3. The summed E-state index contributed by atoms with van der Waals surface area (Å²) < 4.78 is 2.43. The minimum atomic E-state index is -0.567. The van der Waals surface area contributed by atoms with Gasteiger partial charge in [0.2, 0.25) is 0 Å². The van der Waals surface area contributed by atoms with Gasteiger partial charge >= 0.3 is 0 Å². The fourth-order valence-electron chi connectivity index (χ4n) is 14.4. The zero-order chi connectivity index (χ0) is 59.0. The van der Waals surface area contributed by atoms with E-state index >= 15 is 0 Å². The van der Waals surface area contributed by atoms with Crippen LogP contribution in [0.5, 0.6) is 0 Å². The number of fused-ring (bicyclic) bond motifs is 7. The van der Waals surface area contributed by atoms with Gasteiger partial charge in [-0.1, -0.05) is 302 Å². The number of aromatic nitrogens is 1. The molecule has 0 amide bonds. The Labute approximate surface area is 512 Å². The predicted molar refractivity (Wildman–Crippen MR) is 369 cm³/mol. The van der Waals surface area contributed by atoms with Crippen molar-refractivity contribution in [1.29, 1.82) is 0 Å². The Bertz CT molecular complexity index is 4860. The van der Waals surface area contributed by atoms with E-state index in [0.717, 1.165) is 45.0 Å². The van der Waals surface area contributed by atoms with Crippen LogP contribution in [-0.4, -0.2) is 4.57 Å². The fraction of sp³-hybridized carbons (Fsp3) is 0.106. The Balaban J connectivity index is 1.03. The molecule has 0 spiro atoms. The van der Waals surface area contributed by atoms with Gasteiger partial charge in [0.05, 0.1) is 33.5 Å².